The van der Waals surface area contributed by atoms with Crippen molar-refractivity contribution in [3.8, 4) is 6.07 Å². The Kier molecular flexibility index (Phi) is 5.46. The maximum atomic E-state index is 11.7. The van der Waals surface area contributed by atoms with Crippen LogP contribution in [-0.4, -0.2) is 11.6 Å². The first-order chi connectivity index (χ1) is 9.69. The van der Waals surface area contributed by atoms with Crippen LogP contribution >= 0.6 is 0 Å². The highest BCUT2D eigenvalue weighted by atomic mass is 16.6. The fourth-order valence-corrected chi connectivity index (χ4v) is 3.89. The Balaban J connectivity index is 1.87. The molecule has 2 aliphatic carbocycles. The standard InChI is InChI=1S/C17H27NO2/c1-2-6-16(19)20-17(13-18)11-9-15(10-12-17)14-7-4-3-5-8-14/h14-15H,2-12H2,1H3/t15-,17-. The van der Waals surface area contributed by atoms with E-state index in [0.717, 1.165) is 43.9 Å². The summed E-state index contributed by atoms with van der Waals surface area (Å²) in [4.78, 5) is 11.7. The lowest BCUT2D eigenvalue weighted by molar-refractivity contribution is -0.158. The molecule has 0 spiro atoms. The second-order valence-electron chi connectivity index (χ2n) is 6.57. The van der Waals surface area contributed by atoms with E-state index in [1.54, 1.807) is 0 Å². The summed E-state index contributed by atoms with van der Waals surface area (Å²) in [6.07, 6.45) is 11.6. The Morgan fingerprint density at radius 3 is 2.30 bits per heavy atom. The molecule has 0 unspecified atom stereocenters. The molecule has 112 valence electrons. The zero-order valence-corrected chi connectivity index (χ0v) is 12.7. The smallest absolute Gasteiger partial charge is 0.307 e. The molecule has 2 fully saturated rings. The Hall–Kier alpha value is -1.04. The molecule has 0 aromatic heterocycles. The molecule has 0 aromatic rings. The third-order valence-electron chi connectivity index (χ3n) is 5.12. The topological polar surface area (TPSA) is 50.1 Å². The first-order valence-electron chi connectivity index (χ1n) is 8.32. The third kappa shape index (κ3) is 3.75. The number of esters is 1. The molecule has 3 nitrogen and oxygen atoms in total. The molecule has 0 radical (unpaired) electrons. The monoisotopic (exact) mass is 277 g/mol. The van der Waals surface area contributed by atoms with Crippen LogP contribution in [0.4, 0.5) is 0 Å². The molecular formula is C17H27NO2. The Bertz CT molecular complexity index is 358. The van der Waals surface area contributed by atoms with E-state index in [1.807, 2.05) is 6.92 Å². The SMILES string of the molecule is CCCC(=O)O[C@]1(C#N)CC[C@@H](C2CCCCC2)CC1. The van der Waals surface area contributed by atoms with E-state index in [-0.39, 0.29) is 5.97 Å². The average molecular weight is 277 g/mol. The first kappa shape index (κ1) is 15.4. The highest BCUT2D eigenvalue weighted by molar-refractivity contribution is 5.70. The van der Waals surface area contributed by atoms with Crippen LogP contribution in [0.25, 0.3) is 0 Å². The van der Waals surface area contributed by atoms with E-state index in [1.165, 1.54) is 32.1 Å². The molecule has 0 atom stereocenters. The Morgan fingerprint density at radius 1 is 1.15 bits per heavy atom. The van der Waals surface area contributed by atoms with Crippen LogP contribution in [-0.2, 0) is 9.53 Å². The van der Waals surface area contributed by atoms with Crippen molar-refractivity contribution in [2.45, 2.75) is 83.2 Å². The zero-order chi connectivity index (χ0) is 14.4. The fourth-order valence-electron chi connectivity index (χ4n) is 3.89. The highest BCUT2D eigenvalue weighted by Gasteiger charge is 2.40. The van der Waals surface area contributed by atoms with Gasteiger partial charge in [0.25, 0.3) is 0 Å². The van der Waals surface area contributed by atoms with Gasteiger partial charge in [0.2, 0.25) is 0 Å². The molecule has 2 rings (SSSR count). The average Bonchev–Trinajstić information content (AvgIpc) is 2.49. The van der Waals surface area contributed by atoms with Crippen molar-refractivity contribution >= 4 is 5.97 Å². The molecule has 0 amide bonds. The molecular weight excluding hydrogens is 250 g/mol. The number of rotatable bonds is 4. The van der Waals surface area contributed by atoms with Gasteiger partial charge in [-0.1, -0.05) is 39.0 Å². The van der Waals surface area contributed by atoms with Crippen LogP contribution in [0.15, 0.2) is 0 Å². The minimum atomic E-state index is -0.822. The van der Waals surface area contributed by atoms with Gasteiger partial charge in [-0.25, -0.2) is 0 Å². The summed E-state index contributed by atoms with van der Waals surface area (Å²) >= 11 is 0. The van der Waals surface area contributed by atoms with Crippen molar-refractivity contribution in [2.24, 2.45) is 11.8 Å². The lowest BCUT2D eigenvalue weighted by atomic mass is 9.70. The van der Waals surface area contributed by atoms with Crippen molar-refractivity contribution in [3.05, 3.63) is 0 Å². The molecule has 3 heteroatoms. The Morgan fingerprint density at radius 2 is 1.75 bits per heavy atom. The predicted molar refractivity (Wildman–Crippen MR) is 77.9 cm³/mol. The van der Waals surface area contributed by atoms with Gasteiger partial charge < -0.3 is 4.74 Å². The molecule has 20 heavy (non-hydrogen) atoms. The minimum Gasteiger partial charge on any atom is -0.444 e. The maximum Gasteiger partial charge on any atom is 0.307 e. The Labute approximate surface area is 122 Å². The van der Waals surface area contributed by atoms with Crippen molar-refractivity contribution in [2.75, 3.05) is 0 Å². The summed E-state index contributed by atoms with van der Waals surface area (Å²) in [7, 11) is 0. The van der Waals surface area contributed by atoms with Crippen LogP contribution in [0.5, 0.6) is 0 Å². The van der Waals surface area contributed by atoms with Crippen LogP contribution in [0.3, 0.4) is 0 Å². The van der Waals surface area contributed by atoms with Crippen molar-refractivity contribution in [3.63, 3.8) is 0 Å². The predicted octanol–water partition coefficient (Wildman–Crippen LogP) is 4.36. The molecule has 0 aliphatic heterocycles. The number of hydrogen-bond donors (Lipinski definition) is 0. The second-order valence-corrected chi connectivity index (χ2v) is 6.57. The van der Waals surface area contributed by atoms with Gasteiger partial charge in [-0.3, -0.25) is 4.79 Å². The number of ether oxygens (including phenoxy) is 1. The van der Waals surface area contributed by atoms with Crippen LogP contribution in [0, 0.1) is 23.2 Å². The van der Waals surface area contributed by atoms with Gasteiger partial charge in [-0.2, -0.15) is 5.26 Å². The molecule has 0 bridgehead atoms. The van der Waals surface area contributed by atoms with Crippen molar-refractivity contribution in [1.29, 1.82) is 5.26 Å². The van der Waals surface area contributed by atoms with Crippen molar-refractivity contribution in [1.82, 2.24) is 0 Å². The lowest BCUT2D eigenvalue weighted by Crippen LogP contribution is -2.39. The van der Waals surface area contributed by atoms with Gasteiger partial charge in [-0.15, -0.1) is 0 Å². The molecule has 2 aliphatic rings. The van der Waals surface area contributed by atoms with E-state index in [4.69, 9.17) is 4.74 Å². The van der Waals surface area contributed by atoms with E-state index in [9.17, 15) is 10.1 Å². The molecule has 0 heterocycles. The van der Waals surface area contributed by atoms with Crippen LogP contribution in [0.2, 0.25) is 0 Å². The normalized spacial score (nSPS) is 31.5. The van der Waals surface area contributed by atoms with Gasteiger partial charge in [0, 0.05) is 19.3 Å². The van der Waals surface area contributed by atoms with Crippen molar-refractivity contribution < 1.29 is 9.53 Å². The first-order valence-corrected chi connectivity index (χ1v) is 8.32. The van der Waals surface area contributed by atoms with E-state index < -0.39 is 5.60 Å². The quantitative estimate of drug-likeness (QED) is 0.717. The number of hydrogen-bond acceptors (Lipinski definition) is 3. The fraction of sp³-hybridized carbons (Fsp3) is 0.882. The van der Waals surface area contributed by atoms with Gasteiger partial charge in [-0.05, 0) is 31.1 Å². The number of nitrogens with zero attached hydrogens (tertiary/aromatic N) is 1. The van der Waals surface area contributed by atoms with Gasteiger partial charge >= 0.3 is 5.97 Å². The van der Waals surface area contributed by atoms with E-state index in [0.29, 0.717) is 6.42 Å². The number of carbonyl (C=O) groups is 1. The molecule has 2 saturated carbocycles. The van der Waals surface area contributed by atoms with Crippen LogP contribution < -0.4 is 0 Å². The van der Waals surface area contributed by atoms with Gasteiger partial charge in [0.1, 0.15) is 6.07 Å². The largest absolute Gasteiger partial charge is 0.444 e. The second kappa shape index (κ2) is 7.11. The highest BCUT2D eigenvalue weighted by Crippen LogP contribution is 2.42. The summed E-state index contributed by atoms with van der Waals surface area (Å²) in [5.74, 6) is 1.40. The summed E-state index contributed by atoms with van der Waals surface area (Å²) in [6, 6.07) is 2.29. The summed E-state index contributed by atoms with van der Waals surface area (Å²) in [5.41, 5.74) is -0.822. The van der Waals surface area contributed by atoms with E-state index in [2.05, 4.69) is 6.07 Å². The minimum absolute atomic E-state index is 0.204. The number of nitriles is 1. The third-order valence-corrected chi connectivity index (χ3v) is 5.12. The van der Waals surface area contributed by atoms with Gasteiger partial charge in [0.15, 0.2) is 5.60 Å². The summed E-state index contributed by atoms with van der Waals surface area (Å²) in [5, 5.41) is 9.43. The van der Waals surface area contributed by atoms with Crippen LogP contribution in [0.1, 0.15) is 77.6 Å². The molecule has 0 saturated heterocycles. The molecule has 0 aromatic carbocycles. The maximum absolute atomic E-state index is 11.7. The zero-order valence-electron chi connectivity index (χ0n) is 12.7. The summed E-state index contributed by atoms with van der Waals surface area (Å²) < 4.78 is 5.50. The lowest BCUT2D eigenvalue weighted by Gasteiger charge is -2.39. The van der Waals surface area contributed by atoms with Gasteiger partial charge in [0.05, 0.1) is 0 Å². The summed E-state index contributed by atoms with van der Waals surface area (Å²) in [6.45, 7) is 1.96. The molecule has 0 N–H and O–H groups in total. The number of carbonyl (C=O) groups excluding carboxylic acids is 1. The van der Waals surface area contributed by atoms with E-state index >= 15 is 0 Å².